The highest BCUT2D eigenvalue weighted by Crippen LogP contribution is 2.40. The number of benzene rings is 2. The van der Waals surface area contributed by atoms with E-state index in [9.17, 15) is 4.79 Å². The van der Waals surface area contributed by atoms with Crippen molar-refractivity contribution < 1.29 is 4.79 Å². The van der Waals surface area contributed by atoms with Crippen LogP contribution in [0.2, 0.25) is 0 Å². The number of carbonyl (C=O) groups is 1. The second kappa shape index (κ2) is 10.5. The molecule has 0 fully saturated rings. The zero-order chi connectivity index (χ0) is 29.0. The van der Waals surface area contributed by atoms with Gasteiger partial charge in [-0.2, -0.15) is 5.10 Å². The number of amides is 1. The molecule has 0 saturated heterocycles. The molecule has 7 rings (SSSR count). The molecule has 0 unspecified atom stereocenters. The number of carbonyl (C=O) groups excluding carboxylic acids is 1. The Balaban J connectivity index is 1.23. The summed E-state index contributed by atoms with van der Waals surface area (Å²) in [7, 11) is 1.91. The van der Waals surface area contributed by atoms with Crippen molar-refractivity contribution in [2.24, 2.45) is 7.05 Å². The van der Waals surface area contributed by atoms with Crippen LogP contribution in [0.4, 0.5) is 17.5 Å². The number of aromatic amines is 1. The summed E-state index contributed by atoms with van der Waals surface area (Å²) >= 11 is 1.78. The maximum absolute atomic E-state index is 13.8. The largest absolute Gasteiger partial charge is 0.359 e. The monoisotopic (exact) mass is 576 g/mol. The van der Waals surface area contributed by atoms with Crippen LogP contribution >= 0.6 is 11.9 Å². The molecular weight excluding hydrogens is 544 g/mol. The summed E-state index contributed by atoms with van der Waals surface area (Å²) in [6.07, 6.45) is 9.21. The Bertz CT molecular complexity index is 1870. The van der Waals surface area contributed by atoms with Crippen LogP contribution in [-0.2, 0) is 13.6 Å². The Morgan fingerprint density at radius 1 is 1.07 bits per heavy atom. The summed E-state index contributed by atoms with van der Waals surface area (Å²) in [6.45, 7) is 6.49. The van der Waals surface area contributed by atoms with Gasteiger partial charge in [-0.1, -0.05) is 42.3 Å². The van der Waals surface area contributed by atoms with Crippen LogP contribution in [0.3, 0.4) is 0 Å². The number of rotatable bonds is 6. The Morgan fingerprint density at radius 3 is 2.67 bits per heavy atom. The molecule has 2 aromatic carbocycles. The fourth-order valence-corrected chi connectivity index (χ4v) is 6.46. The molecule has 9 nitrogen and oxygen atoms in total. The number of hydrogen-bond acceptors (Lipinski definition) is 7. The lowest BCUT2D eigenvalue weighted by molar-refractivity contribution is 0.0997. The molecule has 10 heteroatoms. The zero-order valence-corrected chi connectivity index (χ0v) is 24.9. The van der Waals surface area contributed by atoms with Crippen molar-refractivity contribution in [1.82, 2.24) is 29.0 Å². The molecular formula is C32H32N8OS. The van der Waals surface area contributed by atoms with Gasteiger partial charge in [-0.3, -0.25) is 9.48 Å². The first-order valence-corrected chi connectivity index (χ1v) is 15.2. The lowest BCUT2D eigenvalue weighted by Gasteiger charge is -2.24. The molecule has 0 saturated carbocycles. The molecule has 2 aliphatic heterocycles. The third-order valence-electron chi connectivity index (χ3n) is 8.31. The summed E-state index contributed by atoms with van der Waals surface area (Å²) in [5, 5.41) is 8.70. The molecule has 0 spiro atoms. The normalized spacial score (nSPS) is 15.4. The number of fused-ring (bicyclic) bond motifs is 2. The van der Waals surface area contributed by atoms with E-state index in [0.29, 0.717) is 18.3 Å². The second-order valence-corrected chi connectivity index (χ2v) is 11.7. The first-order chi connectivity index (χ1) is 20.4. The lowest BCUT2D eigenvalue weighted by atomic mass is 9.93. The maximum Gasteiger partial charge on any atom is 0.259 e. The summed E-state index contributed by atoms with van der Waals surface area (Å²) in [6, 6.07) is 14.2. The van der Waals surface area contributed by atoms with Crippen molar-refractivity contribution >= 4 is 51.8 Å². The number of H-pyrrole nitrogens is 1. The van der Waals surface area contributed by atoms with E-state index in [1.165, 1.54) is 11.1 Å². The maximum atomic E-state index is 13.8. The van der Waals surface area contributed by atoms with Gasteiger partial charge in [0.25, 0.3) is 5.91 Å². The average molecular weight is 577 g/mol. The van der Waals surface area contributed by atoms with Gasteiger partial charge in [-0.05, 0) is 60.9 Å². The Labute approximate surface area is 248 Å². The first kappa shape index (κ1) is 26.5. The van der Waals surface area contributed by atoms with Crippen molar-refractivity contribution in [3.63, 3.8) is 0 Å². The number of aromatic nitrogens is 5. The number of aryl methyl sites for hydroxylation is 3. The standard InChI is InChI=1S/C32H32N8OS/c1-19-16-34-32(35-28-15-20(2)38(3)37-28)36-29(19)25-17-33-30-23(25)8-6-10-27(30)40-18-26-22(7-5-9-24(26)31(40)41)21-11-13-39(42-4)14-12-21/h5-11,15-17,33H,12-14,18H2,1-4H3,(H,34,35,36,37). The van der Waals surface area contributed by atoms with Gasteiger partial charge in [0.2, 0.25) is 5.95 Å². The fraction of sp³-hybridized carbons (Fsp3) is 0.250. The second-order valence-electron chi connectivity index (χ2n) is 10.8. The molecule has 212 valence electrons. The highest BCUT2D eigenvalue weighted by molar-refractivity contribution is 7.96. The van der Waals surface area contributed by atoms with Crippen LogP contribution in [0.5, 0.6) is 0 Å². The number of nitrogens with zero attached hydrogens (tertiary/aromatic N) is 6. The van der Waals surface area contributed by atoms with Gasteiger partial charge in [0.1, 0.15) is 0 Å². The number of hydrogen-bond donors (Lipinski definition) is 2. The minimum atomic E-state index is 0.0352. The predicted molar refractivity (Wildman–Crippen MR) is 170 cm³/mol. The van der Waals surface area contributed by atoms with Crippen LogP contribution < -0.4 is 10.2 Å². The SMILES string of the molecule is CSN1CC=C(c2cccc3c2CN(c2cccc4c(-c5nc(Nc6cc(C)n(C)n6)ncc5C)c[nH]c24)C3=O)CC1. The topological polar surface area (TPSA) is 95.0 Å². The van der Waals surface area contributed by atoms with Gasteiger partial charge in [0.15, 0.2) is 5.82 Å². The molecule has 42 heavy (non-hydrogen) atoms. The number of para-hydroxylation sites is 1. The summed E-state index contributed by atoms with van der Waals surface area (Å²) in [5.74, 6) is 1.21. The van der Waals surface area contributed by atoms with Crippen LogP contribution in [0.25, 0.3) is 27.7 Å². The molecule has 0 aliphatic carbocycles. The van der Waals surface area contributed by atoms with Gasteiger partial charge in [0.05, 0.1) is 23.4 Å². The molecule has 0 atom stereocenters. The summed E-state index contributed by atoms with van der Waals surface area (Å²) in [4.78, 5) is 28.5. The van der Waals surface area contributed by atoms with Gasteiger partial charge >= 0.3 is 0 Å². The third kappa shape index (κ3) is 4.47. The zero-order valence-electron chi connectivity index (χ0n) is 24.1. The smallest absolute Gasteiger partial charge is 0.259 e. The van der Waals surface area contributed by atoms with Gasteiger partial charge in [0, 0.05) is 60.8 Å². The lowest BCUT2D eigenvalue weighted by Crippen LogP contribution is -2.23. The molecule has 5 aromatic rings. The molecule has 2 aliphatic rings. The quantitative estimate of drug-likeness (QED) is 0.231. The van der Waals surface area contributed by atoms with Crippen molar-refractivity contribution in [1.29, 1.82) is 0 Å². The van der Waals surface area contributed by atoms with E-state index in [1.54, 1.807) is 11.9 Å². The van der Waals surface area contributed by atoms with E-state index in [2.05, 4.69) is 49.2 Å². The van der Waals surface area contributed by atoms with Crippen molar-refractivity contribution in [3.05, 3.63) is 88.9 Å². The number of nitrogens with one attached hydrogen (secondary N) is 2. The van der Waals surface area contributed by atoms with E-state index in [-0.39, 0.29) is 5.91 Å². The summed E-state index contributed by atoms with van der Waals surface area (Å²) in [5.41, 5.74) is 9.99. The van der Waals surface area contributed by atoms with Crippen LogP contribution in [0, 0.1) is 13.8 Å². The van der Waals surface area contributed by atoms with E-state index in [0.717, 1.165) is 69.7 Å². The van der Waals surface area contributed by atoms with E-state index >= 15 is 0 Å². The Morgan fingerprint density at radius 2 is 1.90 bits per heavy atom. The van der Waals surface area contributed by atoms with E-state index < -0.39 is 0 Å². The fourth-order valence-electron chi connectivity index (χ4n) is 5.96. The van der Waals surface area contributed by atoms with Crippen molar-refractivity contribution in [3.8, 4) is 11.3 Å². The van der Waals surface area contributed by atoms with E-state index in [4.69, 9.17) is 4.98 Å². The predicted octanol–water partition coefficient (Wildman–Crippen LogP) is 6.25. The Kier molecular flexibility index (Phi) is 6.59. The van der Waals surface area contributed by atoms with Crippen LogP contribution in [0.15, 0.2) is 60.9 Å². The van der Waals surface area contributed by atoms with Crippen molar-refractivity contribution in [2.45, 2.75) is 26.8 Å². The van der Waals surface area contributed by atoms with Crippen molar-refractivity contribution in [2.75, 3.05) is 29.6 Å². The summed E-state index contributed by atoms with van der Waals surface area (Å²) < 4.78 is 4.16. The van der Waals surface area contributed by atoms with Gasteiger partial charge in [-0.25, -0.2) is 14.3 Å². The van der Waals surface area contributed by atoms with Gasteiger partial charge in [-0.15, -0.1) is 0 Å². The minimum absolute atomic E-state index is 0.0352. The highest BCUT2D eigenvalue weighted by atomic mass is 32.2. The van der Waals surface area contributed by atoms with Crippen LogP contribution in [-0.4, -0.2) is 54.3 Å². The molecule has 0 bridgehead atoms. The first-order valence-electron chi connectivity index (χ1n) is 14.0. The average Bonchev–Trinajstić information content (AvgIpc) is 3.68. The Hall–Kier alpha value is -4.41. The van der Waals surface area contributed by atoms with Crippen LogP contribution in [0.1, 0.15) is 39.2 Å². The third-order valence-corrected chi connectivity index (χ3v) is 9.16. The van der Waals surface area contributed by atoms with Gasteiger partial charge < -0.3 is 15.2 Å². The molecule has 3 aromatic heterocycles. The molecule has 1 amide bonds. The van der Waals surface area contributed by atoms with E-state index in [1.807, 2.05) is 73.2 Å². The number of anilines is 3. The minimum Gasteiger partial charge on any atom is -0.359 e. The molecule has 0 radical (unpaired) electrons. The highest BCUT2D eigenvalue weighted by Gasteiger charge is 2.32. The molecule has 5 heterocycles. The molecule has 2 N–H and O–H groups in total.